The van der Waals surface area contributed by atoms with Crippen LogP contribution < -0.4 is 27.9 Å². The van der Waals surface area contributed by atoms with Crippen molar-refractivity contribution in [2.45, 2.75) is 40.0 Å². The van der Waals surface area contributed by atoms with Crippen LogP contribution in [0.1, 0.15) is 40.0 Å². The molecule has 0 aromatic rings. The summed E-state index contributed by atoms with van der Waals surface area (Å²) in [6.07, 6.45) is 3.88. The molecule has 0 radical (unpaired) electrons. The lowest BCUT2D eigenvalue weighted by molar-refractivity contribution is -1.63. The van der Waals surface area contributed by atoms with Crippen molar-refractivity contribution in [3.63, 3.8) is 0 Å². The lowest BCUT2D eigenvalue weighted by atomic mass is 10.3. The van der Waals surface area contributed by atoms with E-state index >= 15 is 0 Å². The summed E-state index contributed by atoms with van der Waals surface area (Å²) >= 11 is -3.76. The van der Waals surface area contributed by atoms with Crippen LogP contribution in [-0.4, -0.2) is 28.0 Å². The van der Waals surface area contributed by atoms with Gasteiger partial charge in [-0.1, -0.05) is 20.8 Å². The normalized spacial score (nSPS) is 10.3. The third-order valence-corrected chi connectivity index (χ3v) is 1.62. The van der Waals surface area contributed by atoms with Gasteiger partial charge in [-0.25, -0.2) is 0 Å². The summed E-state index contributed by atoms with van der Waals surface area (Å²) in [6.45, 7) is 10.6. The minimum Gasteiger partial charge on any atom is -0.396 e. The van der Waals surface area contributed by atoms with Crippen molar-refractivity contribution >= 4 is 0 Å². The molecule has 0 aliphatic heterocycles. The quantitative estimate of drug-likeness (QED) is 0.518. The maximum Gasteiger partial charge on any atom is 0.503 e. The molecule has 0 bridgehead atoms. The Bertz CT molecular complexity index is 87.0. The van der Waals surface area contributed by atoms with Crippen molar-refractivity contribution in [1.29, 1.82) is 0 Å². The standard InChI is InChI=1S/C9H21N.HIO3/c1-4-7-10(8-5-2)9-6-3;2-1(3)4/h4-9H2,1-3H3;2H. The van der Waals surface area contributed by atoms with Gasteiger partial charge in [0.15, 0.2) is 0 Å². The maximum absolute atomic E-state index is 8.68. The molecule has 4 nitrogen and oxygen atoms in total. The van der Waals surface area contributed by atoms with Gasteiger partial charge >= 0.3 is 21.1 Å². The highest BCUT2D eigenvalue weighted by atomic mass is 127. The molecule has 0 amide bonds. The highest BCUT2D eigenvalue weighted by Gasteiger charge is 1.98. The number of nitrogens with zero attached hydrogens (tertiary/aromatic N) is 1. The van der Waals surface area contributed by atoms with E-state index in [0.29, 0.717) is 0 Å². The van der Waals surface area contributed by atoms with Gasteiger partial charge in [-0.3, -0.25) is 0 Å². The number of hydrogen-bond donors (Lipinski definition) is 1. The molecule has 5 heteroatoms. The van der Waals surface area contributed by atoms with Crippen molar-refractivity contribution in [2.24, 2.45) is 0 Å². The van der Waals surface area contributed by atoms with Gasteiger partial charge in [-0.05, 0) is 42.3 Å². The first-order chi connectivity index (χ1) is 6.58. The lowest BCUT2D eigenvalue weighted by Gasteiger charge is -2.19. The van der Waals surface area contributed by atoms with Crippen molar-refractivity contribution in [3.8, 4) is 0 Å². The maximum atomic E-state index is 8.68. The summed E-state index contributed by atoms with van der Waals surface area (Å²) in [5.41, 5.74) is 0. The largest absolute Gasteiger partial charge is 0.503 e. The Morgan fingerprint density at radius 2 is 1.14 bits per heavy atom. The highest BCUT2D eigenvalue weighted by Crippen LogP contribution is 1.94. The molecule has 0 saturated carbocycles. The molecular weight excluding hydrogens is 297 g/mol. The fourth-order valence-electron chi connectivity index (χ4n) is 1.28. The molecule has 1 N–H and O–H groups in total. The minimum absolute atomic E-state index is 1.28. The van der Waals surface area contributed by atoms with Crippen LogP contribution >= 0.6 is 0 Å². The molecule has 14 heavy (non-hydrogen) atoms. The van der Waals surface area contributed by atoms with E-state index in [1.54, 1.807) is 0 Å². The number of halogens is 1. The predicted molar refractivity (Wildman–Crippen MR) is 49.5 cm³/mol. The second-order valence-corrected chi connectivity index (χ2v) is 4.19. The average Bonchev–Trinajstić information content (AvgIpc) is 2.04. The molecule has 0 saturated heterocycles. The molecule has 0 aromatic heterocycles. The van der Waals surface area contributed by atoms with Crippen LogP contribution in [0.25, 0.3) is 0 Å². The summed E-state index contributed by atoms with van der Waals surface area (Å²) in [7, 11) is 0. The molecule has 0 atom stereocenters. The van der Waals surface area contributed by atoms with Crippen LogP contribution in [0.15, 0.2) is 0 Å². The smallest absolute Gasteiger partial charge is 0.396 e. The van der Waals surface area contributed by atoms with E-state index in [-0.39, 0.29) is 0 Å². The Hall–Kier alpha value is 0.570. The summed E-state index contributed by atoms with van der Waals surface area (Å²) in [5, 5.41) is 0. The van der Waals surface area contributed by atoms with Crippen LogP contribution in [0.3, 0.4) is 0 Å². The molecule has 0 unspecified atom stereocenters. The monoisotopic (exact) mass is 319 g/mol. The van der Waals surface area contributed by atoms with Crippen molar-refractivity contribution in [1.82, 2.24) is 4.90 Å². The minimum atomic E-state index is -3.76. The Balaban J connectivity index is 0. The summed E-state index contributed by atoms with van der Waals surface area (Å²) in [5.74, 6) is 0. The van der Waals surface area contributed by atoms with Gasteiger partial charge in [0.05, 0.1) is 0 Å². The van der Waals surface area contributed by atoms with Gasteiger partial charge in [0.1, 0.15) is 0 Å². The SMILES string of the molecule is CCCN(CCC)CCC.[O-][I+2]([O-])O. The third kappa shape index (κ3) is 18.4. The van der Waals surface area contributed by atoms with Crippen LogP contribution in [0.4, 0.5) is 0 Å². The zero-order chi connectivity index (χ0) is 11.4. The molecule has 0 fully saturated rings. The zero-order valence-electron chi connectivity index (χ0n) is 9.33. The second-order valence-electron chi connectivity index (χ2n) is 3.04. The molecule has 88 valence electrons. The average molecular weight is 319 g/mol. The van der Waals surface area contributed by atoms with E-state index in [1.165, 1.54) is 38.9 Å². The van der Waals surface area contributed by atoms with Gasteiger partial charge in [-0.15, -0.1) is 0 Å². The van der Waals surface area contributed by atoms with Gasteiger partial charge in [0, 0.05) is 0 Å². The molecule has 0 spiro atoms. The Kier molecular flexibility index (Phi) is 16.5. The first kappa shape index (κ1) is 17.0. The zero-order valence-corrected chi connectivity index (χ0v) is 11.5. The molecule has 0 rings (SSSR count). The molecule has 0 aliphatic carbocycles. The molecule has 0 aromatic carbocycles. The fourth-order valence-corrected chi connectivity index (χ4v) is 1.28. The van der Waals surface area contributed by atoms with E-state index in [4.69, 9.17) is 10.3 Å². The van der Waals surface area contributed by atoms with Crippen LogP contribution in [0.5, 0.6) is 0 Å². The van der Waals surface area contributed by atoms with E-state index in [9.17, 15) is 0 Å². The van der Waals surface area contributed by atoms with E-state index < -0.39 is 21.1 Å². The third-order valence-electron chi connectivity index (χ3n) is 1.62. The molecular formula is C9H22INO3. The second kappa shape index (κ2) is 13.6. The van der Waals surface area contributed by atoms with Crippen LogP contribution in [0.2, 0.25) is 0 Å². The first-order valence-corrected chi connectivity index (χ1v) is 7.77. The van der Waals surface area contributed by atoms with E-state index in [1.807, 2.05) is 0 Å². The lowest BCUT2D eigenvalue weighted by Crippen LogP contribution is -3.98. The van der Waals surface area contributed by atoms with Gasteiger partial charge in [-0.2, -0.15) is 0 Å². The predicted octanol–water partition coefficient (Wildman–Crippen LogP) is -3.41. The Labute approximate surface area is 96.0 Å². The Morgan fingerprint density at radius 1 is 0.929 bits per heavy atom. The van der Waals surface area contributed by atoms with Crippen molar-refractivity contribution < 1.29 is 31.4 Å². The fraction of sp³-hybridized carbons (Fsp3) is 1.00. The van der Waals surface area contributed by atoms with E-state index in [0.717, 1.165) is 0 Å². The van der Waals surface area contributed by atoms with Gasteiger partial charge in [0.2, 0.25) is 0 Å². The molecule has 0 heterocycles. The summed E-state index contributed by atoms with van der Waals surface area (Å²) in [6, 6.07) is 0. The van der Waals surface area contributed by atoms with E-state index in [2.05, 4.69) is 25.7 Å². The van der Waals surface area contributed by atoms with Gasteiger partial charge < -0.3 is 11.8 Å². The molecule has 0 aliphatic rings. The summed E-state index contributed by atoms with van der Waals surface area (Å²) < 4.78 is 24.5. The van der Waals surface area contributed by atoms with Crippen molar-refractivity contribution in [3.05, 3.63) is 0 Å². The van der Waals surface area contributed by atoms with Crippen LogP contribution in [-0.2, 0) is 0 Å². The summed E-state index contributed by atoms with van der Waals surface area (Å²) in [4.78, 5) is 2.54. The van der Waals surface area contributed by atoms with Gasteiger partial charge in [0.25, 0.3) is 0 Å². The topological polar surface area (TPSA) is 69.6 Å². The number of rotatable bonds is 6. The highest BCUT2D eigenvalue weighted by molar-refractivity contribution is 4.53. The van der Waals surface area contributed by atoms with Crippen LogP contribution in [0, 0.1) is 0 Å². The first-order valence-electron chi connectivity index (χ1n) is 5.05. The van der Waals surface area contributed by atoms with Crippen molar-refractivity contribution in [2.75, 3.05) is 19.6 Å². The number of hydrogen-bond acceptors (Lipinski definition) is 4. The Morgan fingerprint density at radius 3 is 1.29 bits per heavy atom.